The second kappa shape index (κ2) is 4.85. The van der Waals surface area contributed by atoms with Crippen LogP contribution in [0.3, 0.4) is 0 Å². The fraction of sp³-hybridized carbons (Fsp3) is 0.600. The number of nitrogens with zero attached hydrogens (tertiary/aromatic N) is 1. The van der Waals surface area contributed by atoms with Crippen molar-refractivity contribution in [3.63, 3.8) is 0 Å². The number of halogens is 1. The van der Waals surface area contributed by atoms with Crippen molar-refractivity contribution in [3.05, 3.63) is 33.1 Å². The molecule has 0 radical (unpaired) electrons. The number of H-pyrrole nitrogens is 1. The average Bonchev–Trinajstić information content (AvgIpc) is 2.63. The van der Waals surface area contributed by atoms with Gasteiger partial charge in [0.05, 0.1) is 6.61 Å². The number of ether oxygens (including phenoxy) is 1. The summed E-state index contributed by atoms with van der Waals surface area (Å²) in [7, 11) is 0. The predicted molar refractivity (Wildman–Crippen MR) is 59.3 cm³/mol. The first-order chi connectivity index (χ1) is 8.93. The topological polar surface area (TPSA) is 125 Å². The van der Waals surface area contributed by atoms with Crippen LogP contribution in [0.1, 0.15) is 6.23 Å². The van der Waals surface area contributed by atoms with Gasteiger partial charge in [-0.25, -0.2) is 9.18 Å². The number of rotatable bonds is 3. The molecule has 0 aromatic carbocycles. The van der Waals surface area contributed by atoms with E-state index in [4.69, 9.17) is 9.84 Å². The molecule has 0 bridgehead atoms. The van der Waals surface area contributed by atoms with Gasteiger partial charge in [-0.05, 0) is 0 Å². The molecule has 9 heteroatoms. The van der Waals surface area contributed by atoms with Crippen LogP contribution in [-0.4, -0.2) is 56.0 Å². The Labute approximate surface area is 105 Å². The van der Waals surface area contributed by atoms with Crippen molar-refractivity contribution in [3.8, 4) is 0 Å². The van der Waals surface area contributed by atoms with Gasteiger partial charge < -0.3 is 20.1 Å². The standard InChI is InChI=1S/C10H13FN2O6/c11-4-10(18)7(16)5(3-14)19-8(10)13-2-1-6(15)12-9(13)17/h1-2,5,7-8,14,16,18H,3-4H2,(H,12,15,17)/t5-,7+,8-,10?/m1/s1. The highest BCUT2D eigenvalue weighted by atomic mass is 19.1. The quantitative estimate of drug-likeness (QED) is 0.483. The van der Waals surface area contributed by atoms with Gasteiger partial charge in [0.1, 0.15) is 18.9 Å². The molecule has 1 fully saturated rings. The molecule has 2 heterocycles. The van der Waals surface area contributed by atoms with Crippen molar-refractivity contribution >= 4 is 0 Å². The molecule has 8 nitrogen and oxygen atoms in total. The zero-order valence-electron chi connectivity index (χ0n) is 9.69. The summed E-state index contributed by atoms with van der Waals surface area (Å²) in [5, 5.41) is 28.8. The number of aliphatic hydroxyl groups is 3. The highest BCUT2D eigenvalue weighted by molar-refractivity contribution is 5.03. The number of hydrogen-bond donors (Lipinski definition) is 4. The molecule has 4 N–H and O–H groups in total. The first kappa shape index (κ1) is 13.9. The Hall–Kier alpha value is -1.55. The summed E-state index contributed by atoms with van der Waals surface area (Å²) in [5.74, 6) is 0. The summed E-state index contributed by atoms with van der Waals surface area (Å²) in [4.78, 5) is 24.4. The molecular formula is C10H13FN2O6. The molecule has 0 aliphatic carbocycles. The minimum atomic E-state index is -2.38. The number of aliphatic hydroxyl groups excluding tert-OH is 2. The van der Waals surface area contributed by atoms with E-state index in [2.05, 4.69) is 0 Å². The molecule has 1 aromatic heterocycles. The van der Waals surface area contributed by atoms with Crippen LogP contribution in [0, 0.1) is 0 Å². The number of alkyl halides is 1. The maximum atomic E-state index is 13.0. The van der Waals surface area contributed by atoms with Gasteiger partial charge in [-0.3, -0.25) is 14.3 Å². The van der Waals surface area contributed by atoms with Crippen LogP contribution in [0.25, 0.3) is 0 Å². The highest BCUT2D eigenvalue weighted by Gasteiger charge is 2.56. The first-order valence-corrected chi connectivity index (χ1v) is 5.48. The third kappa shape index (κ3) is 2.10. The molecule has 4 atom stereocenters. The summed E-state index contributed by atoms with van der Waals surface area (Å²) < 4.78 is 18.9. The minimum Gasteiger partial charge on any atom is -0.394 e. The maximum absolute atomic E-state index is 13.0. The predicted octanol–water partition coefficient (Wildman–Crippen LogP) is -2.51. The van der Waals surface area contributed by atoms with E-state index in [0.717, 1.165) is 16.8 Å². The van der Waals surface area contributed by atoms with Crippen molar-refractivity contribution in [1.29, 1.82) is 0 Å². The van der Waals surface area contributed by atoms with Crippen LogP contribution in [0.4, 0.5) is 4.39 Å². The summed E-state index contributed by atoms with van der Waals surface area (Å²) in [6, 6.07) is 0.988. The summed E-state index contributed by atoms with van der Waals surface area (Å²) in [6.45, 7) is -2.04. The summed E-state index contributed by atoms with van der Waals surface area (Å²) in [6.07, 6.45) is -3.47. The number of aromatic nitrogens is 2. The van der Waals surface area contributed by atoms with E-state index < -0.39 is 48.6 Å². The van der Waals surface area contributed by atoms with Crippen LogP contribution >= 0.6 is 0 Å². The van der Waals surface area contributed by atoms with Crippen molar-refractivity contribution in [2.45, 2.75) is 24.0 Å². The van der Waals surface area contributed by atoms with Gasteiger partial charge in [0, 0.05) is 12.3 Å². The Morgan fingerprint density at radius 1 is 1.53 bits per heavy atom. The lowest BCUT2D eigenvalue weighted by atomic mass is 9.95. The number of aromatic amines is 1. The normalized spacial score (nSPS) is 34.6. The molecule has 19 heavy (non-hydrogen) atoms. The van der Waals surface area contributed by atoms with Gasteiger partial charge in [0.2, 0.25) is 0 Å². The Kier molecular flexibility index (Phi) is 3.54. The van der Waals surface area contributed by atoms with Crippen LogP contribution < -0.4 is 11.2 Å². The fourth-order valence-corrected chi connectivity index (χ4v) is 2.03. The number of hydrogen-bond acceptors (Lipinski definition) is 6. The van der Waals surface area contributed by atoms with Gasteiger partial charge in [-0.15, -0.1) is 0 Å². The van der Waals surface area contributed by atoms with E-state index in [1.807, 2.05) is 4.98 Å². The Morgan fingerprint density at radius 2 is 2.21 bits per heavy atom. The van der Waals surface area contributed by atoms with E-state index in [-0.39, 0.29) is 0 Å². The second-order valence-corrected chi connectivity index (χ2v) is 4.30. The molecule has 0 amide bonds. The lowest BCUT2D eigenvalue weighted by molar-refractivity contribution is -0.121. The summed E-state index contributed by atoms with van der Waals surface area (Å²) in [5.41, 5.74) is -3.97. The molecule has 1 saturated heterocycles. The smallest absolute Gasteiger partial charge is 0.330 e. The first-order valence-electron chi connectivity index (χ1n) is 5.48. The van der Waals surface area contributed by atoms with Gasteiger partial charge in [-0.2, -0.15) is 0 Å². The average molecular weight is 276 g/mol. The van der Waals surface area contributed by atoms with Crippen molar-refractivity contribution in [1.82, 2.24) is 9.55 Å². The maximum Gasteiger partial charge on any atom is 0.330 e. The third-order valence-corrected chi connectivity index (χ3v) is 3.09. The van der Waals surface area contributed by atoms with Crippen LogP contribution in [0.15, 0.2) is 21.9 Å². The van der Waals surface area contributed by atoms with Gasteiger partial charge in [0.15, 0.2) is 11.8 Å². The van der Waals surface area contributed by atoms with E-state index in [1.165, 1.54) is 0 Å². The largest absolute Gasteiger partial charge is 0.394 e. The van der Waals surface area contributed by atoms with Crippen LogP contribution in [-0.2, 0) is 4.74 Å². The van der Waals surface area contributed by atoms with Gasteiger partial charge >= 0.3 is 5.69 Å². The summed E-state index contributed by atoms with van der Waals surface area (Å²) >= 11 is 0. The lowest BCUT2D eigenvalue weighted by Gasteiger charge is -2.28. The minimum absolute atomic E-state index is 0.655. The van der Waals surface area contributed by atoms with Crippen LogP contribution in [0.2, 0.25) is 0 Å². The van der Waals surface area contributed by atoms with E-state index >= 15 is 0 Å². The molecule has 2 rings (SSSR count). The molecule has 1 aliphatic heterocycles. The van der Waals surface area contributed by atoms with Gasteiger partial charge in [-0.1, -0.05) is 0 Å². The Balaban J connectivity index is 2.48. The van der Waals surface area contributed by atoms with Crippen molar-refractivity contribution in [2.75, 3.05) is 13.3 Å². The zero-order chi connectivity index (χ0) is 14.2. The monoisotopic (exact) mass is 276 g/mol. The Morgan fingerprint density at radius 3 is 2.74 bits per heavy atom. The molecule has 1 unspecified atom stereocenters. The Bertz CT molecular complexity index is 572. The molecule has 1 aliphatic rings. The van der Waals surface area contributed by atoms with E-state index in [9.17, 15) is 24.2 Å². The molecule has 0 spiro atoms. The lowest BCUT2D eigenvalue weighted by Crippen LogP contribution is -2.50. The number of nitrogens with one attached hydrogen (secondary N) is 1. The van der Waals surface area contributed by atoms with Crippen molar-refractivity contribution in [2.24, 2.45) is 0 Å². The van der Waals surface area contributed by atoms with E-state index in [1.54, 1.807) is 0 Å². The third-order valence-electron chi connectivity index (χ3n) is 3.09. The van der Waals surface area contributed by atoms with Gasteiger partial charge in [0.25, 0.3) is 5.56 Å². The molecular weight excluding hydrogens is 263 g/mol. The fourth-order valence-electron chi connectivity index (χ4n) is 2.03. The SMILES string of the molecule is O=c1ccn([C@@H]2O[C@H](CO)[C@H](O)C2(O)CF)c(=O)[nH]1. The molecule has 106 valence electrons. The van der Waals surface area contributed by atoms with Crippen molar-refractivity contribution < 1.29 is 24.4 Å². The molecule has 1 aromatic rings. The second-order valence-electron chi connectivity index (χ2n) is 4.30. The molecule has 0 saturated carbocycles. The van der Waals surface area contributed by atoms with E-state index in [0.29, 0.717) is 0 Å². The highest BCUT2D eigenvalue weighted by Crippen LogP contribution is 2.37. The van der Waals surface area contributed by atoms with Crippen LogP contribution in [0.5, 0.6) is 0 Å². The zero-order valence-corrected chi connectivity index (χ0v) is 9.69.